The SMILES string of the molecule is CC(C)(C)c1nnc(N2CCN(c3ccc(F)cc3)CC2)[nH]c1=O. The van der Waals surface area contributed by atoms with Crippen LogP contribution in [-0.2, 0) is 5.41 Å². The molecule has 0 spiro atoms. The highest BCUT2D eigenvalue weighted by molar-refractivity contribution is 5.48. The van der Waals surface area contributed by atoms with Crippen molar-refractivity contribution in [1.29, 1.82) is 0 Å². The molecule has 1 fully saturated rings. The predicted molar refractivity (Wildman–Crippen MR) is 92.2 cm³/mol. The summed E-state index contributed by atoms with van der Waals surface area (Å²) in [6.07, 6.45) is 0. The molecule has 1 aliphatic rings. The normalized spacial score (nSPS) is 15.7. The Bertz CT molecular complexity index is 758. The third-order valence-electron chi connectivity index (χ3n) is 4.17. The highest BCUT2D eigenvalue weighted by atomic mass is 19.1. The Balaban J connectivity index is 1.70. The molecule has 1 N–H and O–H groups in total. The van der Waals surface area contributed by atoms with E-state index in [1.165, 1.54) is 12.1 Å². The molecule has 24 heavy (non-hydrogen) atoms. The number of aromatic amines is 1. The number of piperazine rings is 1. The van der Waals surface area contributed by atoms with Gasteiger partial charge in [0.05, 0.1) is 0 Å². The maximum Gasteiger partial charge on any atom is 0.274 e. The molecule has 7 heteroatoms. The first-order valence-electron chi connectivity index (χ1n) is 8.07. The zero-order valence-corrected chi connectivity index (χ0v) is 14.2. The fourth-order valence-corrected chi connectivity index (χ4v) is 2.79. The van der Waals surface area contributed by atoms with Crippen LogP contribution in [0.3, 0.4) is 0 Å². The zero-order valence-electron chi connectivity index (χ0n) is 14.2. The van der Waals surface area contributed by atoms with Gasteiger partial charge >= 0.3 is 0 Å². The van der Waals surface area contributed by atoms with E-state index in [4.69, 9.17) is 0 Å². The molecule has 0 radical (unpaired) electrons. The number of anilines is 2. The third kappa shape index (κ3) is 3.39. The number of nitrogens with one attached hydrogen (secondary N) is 1. The Labute approximate surface area is 140 Å². The standard InChI is InChI=1S/C17H22FN5O/c1-17(2,3)14-15(24)19-16(21-20-14)23-10-8-22(9-11-23)13-6-4-12(18)5-7-13/h4-7H,8-11H2,1-3H3,(H,19,21,24). The molecule has 1 aliphatic heterocycles. The fourth-order valence-electron chi connectivity index (χ4n) is 2.79. The van der Waals surface area contributed by atoms with Crippen molar-refractivity contribution >= 4 is 11.6 Å². The molecule has 0 bridgehead atoms. The van der Waals surface area contributed by atoms with Crippen LogP contribution in [0.4, 0.5) is 16.0 Å². The lowest BCUT2D eigenvalue weighted by Crippen LogP contribution is -2.47. The van der Waals surface area contributed by atoms with Crippen molar-refractivity contribution in [2.75, 3.05) is 36.0 Å². The van der Waals surface area contributed by atoms with Gasteiger partial charge in [-0.3, -0.25) is 9.78 Å². The molecule has 1 aromatic carbocycles. The van der Waals surface area contributed by atoms with E-state index in [-0.39, 0.29) is 16.8 Å². The second-order valence-electron chi connectivity index (χ2n) is 7.03. The smallest absolute Gasteiger partial charge is 0.274 e. The van der Waals surface area contributed by atoms with Crippen LogP contribution in [0.5, 0.6) is 0 Å². The first kappa shape index (κ1) is 16.4. The maximum absolute atomic E-state index is 13.0. The summed E-state index contributed by atoms with van der Waals surface area (Å²) in [7, 11) is 0. The summed E-state index contributed by atoms with van der Waals surface area (Å²) < 4.78 is 13.0. The summed E-state index contributed by atoms with van der Waals surface area (Å²) in [5, 5.41) is 8.31. The van der Waals surface area contributed by atoms with E-state index in [0.29, 0.717) is 11.6 Å². The van der Waals surface area contributed by atoms with Crippen LogP contribution in [0.2, 0.25) is 0 Å². The molecule has 1 aromatic heterocycles. The number of nitrogens with zero attached hydrogens (tertiary/aromatic N) is 4. The van der Waals surface area contributed by atoms with Crippen LogP contribution >= 0.6 is 0 Å². The van der Waals surface area contributed by atoms with E-state index in [1.54, 1.807) is 12.1 Å². The minimum absolute atomic E-state index is 0.187. The van der Waals surface area contributed by atoms with Crippen LogP contribution in [0.15, 0.2) is 29.1 Å². The van der Waals surface area contributed by atoms with Crippen molar-refractivity contribution in [3.05, 3.63) is 46.1 Å². The lowest BCUT2D eigenvalue weighted by atomic mass is 9.93. The maximum atomic E-state index is 13.0. The van der Waals surface area contributed by atoms with E-state index in [1.807, 2.05) is 25.7 Å². The number of rotatable bonds is 2. The summed E-state index contributed by atoms with van der Waals surface area (Å²) in [6, 6.07) is 6.50. The minimum atomic E-state index is -0.333. The van der Waals surface area contributed by atoms with Gasteiger partial charge in [0.2, 0.25) is 5.95 Å². The van der Waals surface area contributed by atoms with Crippen molar-refractivity contribution in [2.24, 2.45) is 0 Å². The summed E-state index contributed by atoms with van der Waals surface area (Å²) in [5.41, 5.74) is 0.920. The molecule has 6 nitrogen and oxygen atoms in total. The quantitative estimate of drug-likeness (QED) is 0.911. The lowest BCUT2D eigenvalue weighted by Gasteiger charge is -2.36. The van der Waals surface area contributed by atoms with Crippen LogP contribution in [0, 0.1) is 5.82 Å². The number of hydrogen-bond acceptors (Lipinski definition) is 5. The van der Waals surface area contributed by atoms with E-state index >= 15 is 0 Å². The molecular formula is C17H22FN5O. The van der Waals surface area contributed by atoms with Crippen molar-refractivity contribution in [3.63, 3.8) is 0 Å². The van der Waals surface area contributed by atoms with Crippen molar-refractivity contribution < 1.29 is 4.39 Å². The molecule has 0 aliphatic carbocycles. The van der Waals surface area contributed by atoms with E-state index < -0.39 is 0 Å². The highest BCUT2D eigenvalue weighted by Crippen LogP contribution is 2.19. The molecule has 3 rings (SSSR count). The number of H-pyrrole nitrogens is 1. The van der Waals surface area contributed by atoms with Crippen molar-refractivity contribution in [3.8, 4) is 0 Å². The van der Waals surface area contributed by atoms with Crippen LogP contribution in [-0.4, -0.2) is 41.4 Å². The molecule has 2 aromatic rings. The van der Waals surface area contributed by atoms with E-state index in [2.05, 4.69) is 20.1 Å². The Hall–Kier alpha value is -2.44. The predicted octanol–water partition coefficient (Wildman–Crippen LogP) is 1.93. The third-order valence-corrected chi connectivity index (χ3v) is 4.17. The van der Waals surface area contributed by atoms with Crippen LogP contribution < -0.4 is 15.4 Å². The molecule has 0 amide bonds. The Morgan fingerprint density at radius 2 is 1.58 bits per heavy atom. The van der Waals surface area contributed by atoms with Gasteiger partial charge in [-0.05, 0) is 24.3 Å². The monoisotopic (exact) mass is 331 g/mol. The Kier molecular flexibility index (Phi) is 4.26. The molecular weight excluding hydrogens is 309 g/mol. The molecule has 1 saturated heterocycles. The van der Waals surface area contributed by atoms with Gasteiger partial charge in [-0.15, -0.1) is 10.2 Å². The van der Waals surface area contributed by atoms with Crippen molar-refractivity contribution in [1.82, 2.24) is 15.2 Å². The molecule has 0 atom stereocenters. The van der Waals surface area contributed by atoms with E-state index in [9.17, 15) is 9.18 Å². The second-order valence-corrected chi connectivity index (χ2v) is 7.03. The van der Waals surface area contributed by atoms with Gasteiger partial charge in [0.1, 0.15) is 11.5 Å². The number of benzene rings is 1. The largest absolute Gasteiger partial charge is 0.368 e. The van der Waals surface area contributed by atoms with Crippen LogP contribution in [0.25, 0.3) is 0 Å². The summed E-state index contributed by atoms with van der Waals surface area (Å²) >= 11 is 0. The average Bonchev–Trinajstić information content (AvgIpc) is 2.54. The first-order chi connectivity index (χ1) is 11.3. The second kappa shape index (κ2) is 6.22. The fraction of sp³-hybridized carbons (Fsp3) is 0.471. The van der Waals surface area contributed by atoms with Gasteiger partial charge in [0.25, 0.3) is 5.56 Å². The van der Waals surface area contributed by atoms with Gasteiger partial charge in [0.15, 0.2) is 0 Å². The van der Waals surface area contributed by atoms with Gasteiger partial charge in [-0.25, -0.2) is 4.39 Å². The minimum Gasteiger partial charge on any atom is -0.368 e. The van der Waals surface area contributed by atoms with Gasteiger partial charge in [-0.2, -0.15) is 0 Å². The molecule has 0 saturated carbocycles. The van der Waals surface area contributed by atoms with Gasteiger partial charge < -0.3 is 9.80 Å². The van der Waals surface area contributed by atoms with Crippen molar-refractivity contribution in [2.45, 2.75) is 26.2 Å². The van der Waals surface area contributed by atoms with Gasteiger partial charge in [-0.1, -0.05) is 20.8 Å². The summed E-state index contributed by atoms with van der Waals surface area (Å²) in [5.74, 6) is 0.274. The highest BCUT2D eigenvalue weighted by Gasteiger charge is 2.23. The molecule has 0 unspecified atom stereocenters. The molecule has 128 valence electrons. The number of aromatic nitrogens is 3. The summed E-state index contributed by atoms with van der Waals surface area (Å²) in [6.45, 7) is 8.80. The Morgan fingerprint density at radius 3 is 2.12 bits per heavy atom. The van der Waals surface area contributed by atoms with Crippen LogP contribution in [0.1, 0.15) is 26.5 Å². The van der Waals surface area contributed by atoms with Gasteiger partial charge in [0, 0.05) is 37.3 Å². The number of halogens is 1. The Morgan fingerprint density at radius 1 is 1.00 bits per heavy atom. The number of hydrogen-bond donors (Lipinski definition) is 1. The topological polar surface area (TPSA) is 65.1 Å². The first-order valence-corrected chi connectivity index (χ1v) is 8.07. The lowest BCUT2D eigenvalue weighted by molar-refractivity contribution is 0.541. The molecule has 2 heterocycles. The summed E-state index contributed by atoms with van der Waals surface area (Å²) in [4.78, 5) is 19.3. The zero-order chi connectivity index (χ0) is 17.3. The van der Waals surface area contributed by atoms with E-state index in [0.717, 1.165) is 31.9 Å². The average molecular weight is 331 g/mol.